The zero-order valence-electron chi connectivity index (χ0n) is 11.4. The molecule has 0 aliphatic heterocycles. The van der Waals surface area contributed by atoms with Gasteiger partial charge in [-0.15, -0.1) is 0 Å². The van der Waals surface area contributed by atoms with Gasteiger partial charge in [0.1, 0.15) is 5.56 Å². The second-order valence-electron chi connectivity index (χ2n) is 4.31. The van der Waals surface area contributed by atoms with Crippen LogP contribution in [0.15, 0.2) is 42.5 Å². The average Bonchev–Trinajstić information content (AvgIpc) is 2.52. The molecule has 0 aromatic heterocycles. The lowest BCUT2D eigenvalue weighted by molar-refractivity contribution is -0.385. The lowest BCUT2D eigenvalue weighted by Crippen LogP contribution is -2.41. The number of halogens is 2. The van der Waals surface area contributed by atoms with Gasteiger partial charge in [-0.2, -0.15) is 0 Å². The molecule has 0 aliphatic rings. The van der Waals surface area contributed by atoms with Crippen molar-refractivity contribution in [2.75, 3.05) is 0 Å². The molecule has 0 saturated heterocycles. The first-order valence-electron chi connectivity index (χ1n) is 6.19. The maximum Gasteiger partial charge on any atom is 0.282 e. The summed E-state index contributed by atoms with van der Waals surface area (Å²) < 4.78 is 0. The van der Waals surface area contributed by atoms with Gasteiger partial charge in [-0.25, -0.2) is 0 Å². The molecule has 0 heterocycles. The predicted molar refractivity (Wildman–Crippen MR) is 84.5 cm³/mol. The van der Waals surface area contributed by atoms with Gasteiger partial charge in [0.25, 0.3) is 17.5 Å². The van der Waals surface area contributed by atoms with Crippen LogP contribution < -0.4 is 10.9 Å². The standard InChI is InChI=1S/C14H9Cl2N3O4/c15-8-5-6-9(11(16)7-8)13(20)17-18-14(21)10-3-1-2-4-12(10)19(22)23/h1-7H,(H,17,20)(H,18,21). The van der Waals surface area contributed by atoms with Crippen LogP contribution in [0.4, 0.5) is 5.69 Å². The topological polar surface area (TPSA) is 101 Å². The lowest BCUT2D eigenvalue weighted by Gasteiger charge is -2.09. The van der Waals surface area contributed by atoms with Crippen LogP contribution in [0, 0.1) is 10.1 Å². The van der Waals surface area contributed by atoms with Gasteiger partial charge in [0, 0.05) is 11.1 Å². The number of nitro benzene ring substituents is 1. The minimum atomic E-state index is -0.823. The summed E-state index contributed by atoms with van der Waals surface area (Å²) in [5.41, 5.74) is 3.78. The molecule has 0 unspecified atom stereocenters. The summed E-state index contributed by atoms with van der Waals surface area (Å²) in [6.07, 6.45) is 0. The van der Waals surface area contributed by atoms with E-state index in [1.54, 1.807) is 0 Å². The van der Waals surface area contributed by atoms with Crippen molar-refractivity contribution >= 4 is 40.7 Å². The molecule has 0 spiro atoms. The summed E-state index contributed by atoms with van der Waals surface area (Å²) >= 11 is 11.6. The number of benzene rings is 2. The molecule has 0 fully saturated rings. The molecule has 0 atom stereocenters. The van der Waals surface area contributed by atoms with Crippen LogP contribution in [0.3, 0.4) is 0 Å². The maximum atomic E-state index is 12.0. The first kappa shape index (κ1) is 16.7. The zero-order valence-corrected chi connectivity index (χ0v) is 12.9. The van der Waals surface area contributed by atoms with Crippen molar-refractivity contribution in [2.45, 2.75) is 0 Å². The van der Waals surface area contributed by atoms with Crippen molar-refractivity contribution in [3.8, 4) is 0 Å². The van der Waals surface area contributed by atoms with E-state index in [4.69, 9.17) is 23.2 Å². The summed E-state index contributed by atoms with van der Waals surface area (Å²) in [5, 5.41) is 11.3. The van der Waals surface area contributed by atoms with Gasteiger partial charge in [-0.05, 0) is 24.3 Å². The molecule has 2 aromatic carbocycles. The van der Waals surface area contributed by atoms with Gasteiger partial charge in [0.15, 0.2) is 0 Å². The number of hydrogen-bond acceptors (Lipinski definition) is 4. The molecule has 2 N–H and O–H groups in total. The monoisotopic (exact) mass is 353 g/mol. The summed E-state index contributed by atoms with van der Waals surface area (Å²) in [4.78, 5) is 34.1. The second kappa shape index (κ2) is 7.08. The van der Waals surface area contributed by atoms with Crippen LogP contribution >= 0.6 is 23.2 Å². The first-order chi connectivity index (χ1) is 10.9. The highest BCUT2D eigenvalue weighted by Gasteiger charge is 2.20. The maximum absolute atomic E-state index is 12.0. The van der Waals surface area contributed by atoms with Crippen molar-refractivity contribution in [1.29, 1.82) is 0 Å². The van der Waals surface area contributed by atoms with Gasteiger partial charge in [-0.3, -0.25) is 30.6 Å². The van der Waals surface area contributed by atoms with Crippen LogP contribution in [0.2, 0.25) is 10.0 Å². The summed E-state index contributed by atoms with van der Waals surface area (Å²) in [7, 11) is 0. The van der Waals surface area contributed by atoms with Gasteiger partial charge in [-0.1, -0.05) is 35.3 Å². The quantitative estimate of drug-likeness (QED) is 0.654. The van der Waals surface area contributed by atoms with E-state index in [-0.39, 0.29) is 21.8 Å². The fourth-order valence-electron chi connectivity index (χ4n) is 1.75. The summed E-state index contributed by atoms with van der Waals surface area (Å²) in [6.45, 7) is 0. The van der Waals surface area contributed by atoms with Crippen molar-refractivity contribution < 1.29 is 14.5 Å². The smallest absolute Gasteiger partial charge is 0.267 e. The van der Waals surface area contributed by atoms with E-state index in [2.05, 4.69) is 10.9 Å². The average molecular weight is 354 g/mol. The number of carbonyl (C=O) groups excluding carboxylic acids is 2. The van der Waals surface area contributed by atoms with E-state index < -0.39 is 16.7 Å². The Morgan fingerprint density at radius 1 is 0.957 bits per heavy atom. The van der Waals surface area contributed by atoms with E-state index in [0.717, 1.165) is 0 Å². The van der Waals surface area contributed by atoms with Gasteiger partial charge >= 0.3 is 0 Å². The Labute approximate surface area is 140 Å². The zero-order chi connectivity index (χ0) is 17.0. The number of rotatable bonds is 3. The number of nitrogens with one attached hydrogen (secondary N) is 2. The molecule has 0 radical (unpaired) electrons. The number of carbonyl (C=O) groups is 2. The first-order valence-corrected chi connectivity index (χ1v) is 6.95. The minimum absolute atomic E-state index is 0.0962. The van der Waals surface area contributed by atoms with Crippen molar-refractivity contribution in [3.63, 3.8) is 0 Å². The third kappa shape index (κ3) is 3.97. The molecule has 2 rings (SSSR count). The van der Waals surface area contributed by atoms with Gasteiger partial charge < -0.3 is 0 Å². The van der Waals surface area contributed by atoms with Crippen molar-refractivity contribution in [1.82, 2.24) is 10.9 Å². The van der Waals surface area contributed by atoms with E-state index in [1.165, 1.54) is 42.5 Å². The number of nitrogens with zero attached hydrogens (tertiary/aromatic N) is 1. The van der Waals surface area contributed by atoms with Crippen LogP contribution in [-0.4, -0.2) is 16.7 Å². The number of nitro groups is 1. The van der Waals surface area contributed by atoms with Crippen LogP contribution in [0.5, 0.6) is 0 Å². The van der Waals surface area contributed by atoms with Gasteiger partial charge in [0.2, 0.25) is 0 Å². The van der Waals surface area contributed by atoms with Gasteiger partial charge in [0.05, 0.1) is 15.5 Å². The Bertz CT molecular complexity index is 795. The Balaban J connectivity index is 2.10. The summed E-state index contributed by atoms with van der Waals surface area (Å²) in [6, 6.07) is 9.59. The number of hydrogen-bond donors (Lipinski definition) is 2. The Morgan fingerprint density at radius 2 is 1.57 bits per heavy atom. The van der Waals surface area contributed by atoms with E-state index in [9.17, 15) is 19.7 Å². The molecule has 0 saturated carbocycles. The highest BCUT2D eigenvalue weighted by molar-refractivity contribution is 6.36. The normalized spacial score (nSPS) is 10.0. The Kier molecular flexibility index (Phi) is 5.15. The third-order valence-corrected chi connectivity index (χ3v) is 3.36. The van der Waals surface area contributed by atoms with E-state index in [1.807, 2.05) is 0 Å². The number of amides is 2. The molecule has 118 valence electrons. The molecule has 0 aliphatic carbocycles. The second-order valence-corrected chi connectivity index (χ2v) is 5.15. The molecular formula is C14H9Cl2N3O4. The Morgan fingerprint density at radius 3 is 2.17 bits per heavy atom. The van der Waals surface area contributed by atoms with Crippen molar-refractivity contribution in [3.05, 3.63) is 73.8 Å². The van der Waals surface area contributed by atoms with E-state index in [0.29, 0.717) is 5.02 Å². The fraction of sp³-hybridized carbons (Fsp3) is 0. The number of para-hydroxylation sites is 1. The van der Waals surface area contributed by atoms with Crippen molar-refractivity contribution in [2.24, 2.45) is 0 Å². The lowest BCUT2D eigenvalue weighted by atomic mass is 10.2. The largest absolute Gasteiger partial charge is 0.282 e. The van der Waals surface area contributed by atoms with Crippen LogP contribution in [-0.2, 0) is 0 Å². The molecule has 2 aromatic rings. The predicted octanol–water partition coefficient (Wildman–Crippen LogP) is 2.98. The SMILES string of the molecule is O=C(NNC(=O)c1ccccc1[N+](=O)[O-])c1ccc(Cl)cc1Cl. The number of hydrazine groups is 1. The molecular weight excluding hydrogens is 345 g/mol. The molecule has 0 bridgehead atoms. The van der Waals surface area contributed by atoms with Crippen LogP contribution in [0.25, 0.3) is 0 Å². The van der Waals surface area contributed by atoms with Crippen LogP contribution in [0.1, 0.15) is 20.7 Å². The summed E-state index contributed by atoms with van der Waals surface area (Å²) in [5.74, 6) is -1.51. The highest BCUT2D eigenvalue weighted by atomic mass is 35.5. The van der Waals surface area contributed by atoms with E-state index >= 15 is 0 Å². The minimum Gasteiger partial charge on any atom is -0.267 e. The molecule has 7 nitrogen and oxygen atoms in total. The third-order valence-electron chi connectivity index (χ3n) is 2.81. The molecule has 23 heavy (non-hydrogen) atoms. The molecule has 9 heteroatoms. The molecule has 2 amide bonds. The fourth-order valence-corrected chi connectivity index (χ4v) is 2.24. The highest BCUT2D eigenvalue weighted by Crippen LogP contribution is 2.21. The Hall–Kier alpha value is -2.64.